The maximum Gasteiger partial charge on any atom is 0.328 e. The largest absolute Gasteiger partial charge is 0.466 e. The summed E-state index contributed by atoms with van der Waals surface area (Å²) in [4.78, 5) is 73.7. The van der Waals surface area contributed by atoms with Crippen molar-refractivity contribution in [3.05, 3.63) is 45.9 Å². The fraction of sp³-hybridized carbons (Fsp3) is 0.464. The number of hydrogen-bond acceptors (Lipinski definition) is 13. The molecule has 0 bridgehead atoms. The van der Waals surface area contributed by atoms with Crippen LogP contribution < -0.4 is 10.6 Å². The number of amides is 2. The van der Waals surface area contributed by atoms with Gasteiger partial charge in [-0.2, -0.15) is 25.3 Å². The van der Waals surface area contributed by atoms with Crippen molar-refractivity contribution in [2.45, 2.75) is 52.5 Å². The highest BCUT2D eigenvalue weighted by Gasteiger charge is 2.24. The van der Waals surface area contributed by atoms with E-state index in [0.29, 0.717) is 23.6 Å². The third kappa shape index (κ3) is 15.6. The molecule has 0 saturated heterocycles. The Kier molecular flexibility index (Phi) is 18.6. The van der Waals surface area contributed by atoms with Crippen LogP contribution in [0.2, 0.25) is 0 Å². The molecule has 1 atom stereocenters. The summed E-state index contributed by atoms with van der Waals surface area (Å²) in [5.74, 6) is -1.84. The summed E-state index contributed by atoms with van der Waals surface area (Å²) in [6.45, 7) is 5.87. The number of nitrogens with zero attached hydrogens (tertiary/aromatic N) is 1. The quantitative estimate of drug-likeness (QED) is 0.120. The van der Waals surface area contributed by atoms with Gasteiger partial charge in [-0.3, -0.25) is 24.0 Å². The molecule has 0 aliphatic heterocycles. The van der Waals surface area contributed by atoms with Crippen molar-refractivity contribution >= 4 is 77.8 Å². The third-order valence-corrected chi connectivity index (χ3v) is 6.69. The Hall–Kier alpha value is -3.43. The van der Waals surface area contributed by atoms with E-state index in [4.69, 9.17) is 14.2 Å². The number of carbonyl (C=O) groups is 6. The van der Waals surface area contributed by atoms with E-state index in [2.05, 4.69) is 40.9 Å². The van der Waals surface area contributed by atoms with Crippen molar-refractivity contribution in [2.75, 3.05) is 36.6 Å². The number of esters is 3. The molecule has 0 spiro atoms. The summed E-state index contributed by atoms with van der Waals surface area (Å²) in [5.41, 5.74) is 1.48. The monoisotopic (exact) mass is 655 g/mol. The first-order valence-corrected chi connectivity index (χ1v) is 15.6. The average molecular weight is 656 g/mol. The third-order valence-electron chi connectivity index (χ3n) is 5.15. The molecule has 1 heterocycles. The van der Waals surface area contributed by atoms with Gasteiger partial charge in [-0.05, 0) is 51.5 Å². The second-order valence-electron chi connectivity index (χ2n) is 8.49. The van der Waals surface area contributed by atoms with Gasteiger partial charge in [0.2, 0.25) is 5.91 Å². The summed E-state index contributed by atoms with van der Waals surface area (Å²) in [6, 6.07) is 5.18. The Labute approximate surface area is 265 Å². The van der Waals surface area contributed by atoms with Gasteiger partial charge in [-0.15, -0.1) is 11.3 Å². The number of ketones is 1. The number of Topliss-reactive ketones (excluding diaryl/α,β-unsaturated/α-hetero) is 1. The molecule has 1 aromatic carbocycles. The molecular weight excluding hydrogens is 619 g/mol. The molecule has 12 nitrogen and oxygen atoms in total. The van der Waals surface area contributed by atoms with Crippen molar-refractivity contribution in [2.24, 2.45) is 0 Å². The molecule has 0 fully saturated rings. The molecule has 2 rings (SSSR count). The molecule has 0 radical (unpaired) electrons. The Morgan fingerprint density at radius 3 is 2.07 bits per heavy atom. The number of thiol groups is 2. The highest BCUT2D eigenvalue weighted by Crippen LogP contribution is 2.13. The molecule has 0 aliphatic carbocycles. The first kappa shape index (κ1) is 37.6. The Morgan fingerprint density at radius 1 is 0.860 bits per heavy atom. The first-order valence-electron chi connectivity index (χ1n) is 13.4. The minimum Gasteiger partial charge on any atom is -0.466 e. The van der Waals surface area contributed by atoms with E-state index in [-0.39, 0.29) is 68.1 Å². The predicted molar refractivity (Wildman–Crippen MR) is 168 cm³/mol. The van der Waals surface area contributed by atoms with E-state index in [9.17, 15) is 28.8 Å². The van der Waals surface area contributed by atoms with E-state index in [1.807, 2.05) is 0 Å². The Morgan fingerprint density at radius 2 is 1.49 bits per heavy atom. The Balaban J connectivity index is 0.000000490. The van der Waals surface area contributed by atoms with E-state index < -0.39 is 23.9 Å². The number of aromatic nitrogens is 1. The van der Waals surface area contributed by atoms with Gasteiger partial charge in [-0.25, -0.2) is 9.78 Å². The summed E-state index contributed by atoms with van der Waals surface area (Å²) in [5, 5.41) is 7.67. The molecule has 0 unspecified atom stereocenters. The maximum absolute atomic E-state index is 12.4. The van der Waals surface area contributed by atoms with Crippen LogP contribution in [0.4, 0.5) is 5.69 Å². The first-order chi connectivity index (χ1) is 20.6. The van der Waals surface area contributed by atoms with E-state index in [0.717, 1.165) is 5.01 Å². The molecule has 236 valence electrons. The minimum atomic E-state index is -0.967. The van der Waals surface area contributed by atoms with Crippen LogP contribution >= 0.6 is 36.6 Å². The van der Waals surface area contributed by atoms with E-state index in [1.54, 1.807) is 38.3 Å². The van der Waals surface area contributed by atoms with Crippen molar-refractivity contribution in [3.63, 3.8) is 0 Å². The lowest BCUT2D eigenvalue weighted by atomic mass is 10.1. The SMILES string of the molecule is CCOC(=O)CC[C@@H](NC(=O)c1ccc(NC(=O)CS)cc1)C(=O)OCC.CCOC(=O)Cc1csc(CC(=O)CS)n1. The summed E-state index contributed by atoms with van der Waals surface area (Å²) < 4.78 is 14.6. The van der Waals surface area contributed by atoms with Crippen LogP contribution in [0.1, 0.15) is 54.7 Å². The molecule has 0 aliphatic rings. The molecule has 1 aromatic heterocycles. The zero-order chi connectivity index (χ0) is 32.2. The van der Waals surface area contributed by atoms with Gasteiger partial charge in [0, 0.05) is 28.8 Å². The lowest BCUT2D eigenvalue weighted by Crippen LogP contribution is -2.42. The van der Waals surface area contributed by atoms with Crippen molar-refractivity contribution < 1.29 is 43.0 Å². The van der Waals surface area contributed by atoms with Crippen LogP contribution in [0.5, 0.6) is 0 Å². The van der Waals surface area contributed by atoms with Crippen molar-refractivity contribution in [1.82, 2.24) is 10.3 Å². The number of carbonyl (C=O) groups excluding carboxylic acids is 6. The van der Waals surface area contributed by atoms with Crippen LogP contribution in [0, 0.1) is 0 Å². The van der Waals surface area contributed by atoms with E-state index in [1.165, 1.54) is 23.5 Å². The number of rotatable bonds is 16. The fourth-order valence-corrected chi connectivity index (χ4v) is 4.24. The number of nitrogens with one attached hydrogen (secondary N) is 2. The summed E-state index contributed by atoms with van der Waals surface area (Å²) in [6.07, 6.45) is 0.502. The van der Waals surface area contributed by atoms with Gasteiger partial charge >= 0.3 is 17.9 Å². The minimum absolute atomic E-state index is 0.0215. The van der Waals surface area contributed by atoms with Crippen LogP contribution in [0.3, 0.4) is 0 Å². The topological polar surface area (TPSA) is 167 Å². The average Bonchev–Trinajstić information content (AvgIpc) is 3.42. The molecule has 2 amide bonds. The van der Waals surface area contributed by atoms with Crippen molar-refractivity contribution in [3.8, 4) is 0 Å². The van der Waals surface area contributed by atoms with Gasteiger partial charge in [0.25, 0.3) is 5.91 Å². The van der Waals surface area contributed by atoms with Crippen molar-refractivity contribution in [1.29, 1.82) is 0 Å². The van der Waals surface area contributed by atoms with Crippen LogP contribution in [-0.4, -0.2) is 77.9 Å². The molecule has 43 heavy (non-hydrogen) atoms. The Bertz CT molecular complexity index is 1220. The zero-order valence-corrected chi connectivity index (χ0v) is 26.9. The lowest BCUT2D eigenvalue weighted by Gasteiger charge is -2.17. The van der Waals surface area contributed by atoms with Gasteiger partial charge < -0.3 is 24.8 Å². The normalized spacial score (nSPS) is 10.8. The highest BCUT2D eigenvalue weighted by atomic mass is 32.1. The molecule has 2 aromatic rings. The number of hydrogen-bond donors (Lipinski definition) is 4. The summed E-state index contributed by atoms with van der Waals surface area (Å²) >= 11 is 9.14. The predicted octanol–water partition coefficient (Wildman–Crippen LogP) is 2.85. The van der Waals surface area contributed by atoms with Gasteiger partial charge in [0.15, 0.2) is 0 Å². The highest BCUT2D eigenvalue weighted by molar-refractivity contribution is 7.81. The number of thiazole rings is 1. The maximum atomic E-state index is 12.4. The second kappa shape index (κ2) is 21.3. The van der Waals surface area contributed by atoms with Crippen LogP contribution in [-0.2, 0) is 51.0 Å². The van der Waals surface area contributed by atoms with Crippen LogP contribution in [0.15, 0.2) is 29.6 Å². The molecule has 15 heteroatoms. The standard InChI is InChI=1S/C18H24N2O6S.C10H13NO3S2/c1-3-25-16(22)10-9-14(18(24)26-4-2)20-17(23)12-5-7-13(8-6-12)19-15(21)11-27;1-2-14-10(13)3-7-6-16-9(11-7)4-8(12)5-15/h5-8,14,27H,3-4,9-11H2,1-2H3,(H,19,21)(H,20,23);6,15H,2-5H2,1H3/t14-;/m1./s1. The smallest absolute Gasteiger partial charge is 0.328 e. The molecule has 2 N–H and O–H groups in total. The number of benzene rings is 1. The number of anilines is 1. The summed E-state index contributed by atoms with van der Waals surface area (Å²) in [7, 11) is 0. The second-order valence-corrected chi connectivity index (χ2v) is 10.1. The van der Waals surface area contributed by atoms with Gasteiger partial charge in [-0.1, -0.05) is 0 Å². The van der Waals surface area contributed by atoms with Gasteiger partial charge in [0.05, 0.1) is 44.1 Å². The van der Waals surface area contributed by atoms with Gasteiger partial charge in [0.1, 0.15) is 16.8 Å². The number of ether oxygens (including phenoxy) is 3. The van der Waals surface area contributed by atoms with Crippen LogP contribution in [0.25, 0.3) is 0 Å². The zero-order valence-electron chi connectivity index (χ0n) is 24.3. The van der Waals surface area contributed by atoms with E-state index >= 15 is 0 Å². The fourth-order valence-electron chi connectivity index (χ4n) is 3.23. The molecule has 0 saturated carbocycles. The lowest BCUT2D eigenvalue weighted by molar-refractivity contribution is -0.147. The molecular formula is C28H37N3O9S3.